The summed E-state index contributed by atoms with van der Waals surface area (Å²) >= 11 is 0. The molecule has 0 bridgehead atoms. The zero-order valence-electron chi connectivity index (χ0n) is 11.1. The van der Waals surface area contributed by atoms with Gasteiger partial charge in [-0.1, -0.05) is 12.2 Å². The smallest absolute Gasteiger partial charge is 0.404 e. The lowest BCUT2D eigenvalue weighted by atomic mass is 10.0. The fraction of sp³-hybridized carbons (Fsp3) is 0.357. The number of halogens is 3. The van der Waals surface area contributed by atoms with E-state index in [0.717, 1.165) is 25.3 Å². The average molecular weight is 300 g/mol. The van der Waals surface area contributed by atoms with E-state index in [4.69, 9.17) is 5.73 Å². The molecule has 4 nitrogen and oxygen atoms in total. The van der Waals surface area contributed by atoms with Gasteiger partial charge in [0.25, 0.3) is 5.91 Å². The number of carbonyl (C=O) groups excluding carboxylic acids is 1. The lowest BCUT2D eigenvalue weighted by Crippen LogP contribution is -2.35. The van der Waals surface area contributed by atoms with Crippen LogP contribution in [-0.4, -0.2) is 18.3 Å². The number of hydrogen-bond donors (Lipinski definition) is 2. The minimum Gasteiger partial charge on any atom is -0.404 e. The molecule has 3 N–H and O–H groups in total. The third-order valence-electron chi connectivity index (χ3n) is 3.10. The second-order valence-electron chi connectivity index (χ2n) is 4.76. The van der Waals surface area contributed by atoms with Crippen LogP contribution in [0.25, 0.3) is 0 Å². The number of ether oxygens (including phenoxy) is 1. The summed E-state index contributed by atoms with van der Waals surface area (Å²) in [6, 6.07) is 3.51. The molecular weight excluding hydrogens is 285 g/mol. The molecule has 0 radical (unpaired) electrons. The Morgan fingerprint density at radius 1 is 1.33 bits per heavy atom. The topological polar surface area (TPSA) is 64.4 Å². The minimum atomic E-state index is -4.81. The van der Waals surface area contributed by atoms with Crippen LogP contribution in [0.4, 0.5) is 18.9 Å². The van der Waals surface area contributed by atoms with Gasteiger partial charge in [0.2, 0.25) is 0 Å². The Hall–Kier alpha value is -2.18. The number of nitrogen functional groups attached to an aromatic ring is 1. The first-order valence-electron chi connectivity index (χ1n) is 6.46. The van der Waals surface area contributed by atoms with Crippen LogP contribution in [0.2, 0.25) is 0 Å². The molecule has 2 rings (SSSR count). The molecule has 0 heterocycles. The third-order valence-corrected chi connectivity index (χ3v) is 3.10. The molecule has 0 spiro atoms. The first kappa shape index (κ1) is 15.2. The van der Waals surface area contributed by atoms with E-state index < -0.39 is 12.1 Å². The molecule has 0 aromatic heterocycles. The normalized spacial score (nSPS) is 18.3. The molecular formula is C14H15F3N2O2. The number of carbonyl (C=O) groups is 1. The molecule has 1 atom stereocenters. The van der Waals surface area contributed by atoms with E-state index in [0.29, 0.717) is 0 Å². The zero-order valence-corrected chi connectivity index (χ0v) is 11.1. The highest BCUT2D eigenvalue weighted by Crippen LogP contribution is 2.29. The molecule has 1 aromatic rings. The lowest BCUT2D eigenvalue weighted by Gasteiger charge is -2.19. The highest BCUT2D eigenvalue weighted by Gasteiger charge is 2.32. The Morgan fingerprint density at radius 3 is 2.67 bits per heavy atom. The van der Waals surface area contributed by atoms with Gasteiger partial charge in [0, 0.05) is 11.6 Å². The molecule has 1 aromatic carbocycles. The van der Waals surface area contributed by atoms with E-state index in [9.17, 15) is 18.0 Å². The van der Waals surface area contributed by atoms with E-state index in [1.165, 1.54) is 12.1 Å². The summed E-state index contributed by atoms with van der Waals surface area (Å²) in [7, 11) is 0. The van der Waals surface area contributed by atoms with Crippen LogP contribution in [-0.2, 0) is 0 Å². The van der Waals surface area contributed by atoms with Crippen LogP contribution in [0.5, 0.6) is 5.75 Å². The maximum absolute atomic E-state index is 12.1. The summed E-state index contributed by atoms with van der Waals surface area (Å²) in [5.41, 5.74) is 5.46. The predicted octanol–water partition coefficient (Wildman–Crippen LogP) is 3.01. The number of nitrogens with one attached hydrogen (secondary N) is 1. The lowest BCUT2D eigenvalue weighted by molar-refractivity contribution is -0.274. The van der Waals surface area contributed by atoms with Crippen LogP contribution < -0.4 is 15.8 Å². The van der Waals surface area contributed by atoms with Crippen LogP contribution in [0.3, 0.4) is 0 Å². The number of hydrogen-bond acceptors (Lipinski definition) is 3. The Morgan fingerprint density at radius 2 is 2.10 bits per heavy atom. The van der Waals surface area contributed by atoms with Gasteiger partial charge >= 0.3 is 6.36 Å². The average Bonchev–Trinajstić information content (AvgIpc) is 2.40. The minimum absolute atomic E-state index is 0.0369. The quantitative estimate of drug-likeness (QED) is 0.666. The van der Waals surface area contributed by atoms with Gasteiger partial charge < -0.3 is 15.8 Å². The van der Waals surface area contributed by atoms with E-state index >= 15 is 0 Å². The Labute approximate surface area is 119 Å². The van der Waals surface area contributed by atoms with Crippen molar-refractivity contribution in [3.8, 4) is 5.75 Å². The zero-order chi connectivity index (χ0) is 15.5. The first-order chi connectivity index (χ1) is 9.85. The van der Waals surface area contributed by atoms with Crippen molar-refractivity contribution in [3.63, 3.8) is 0 Å². The van der Waals surface area contributed by atoms with E-state index in [-0.39, 0.29) is 23.2 Å². The molecule has 0 fully saturated rings. The number of alkyl halides is 3. The largest absolute Gasteiger partial charge is 0.573 e. The number of anilines is 1. The number of nitrogens with two attached hydrogens (primary N) is 1. The van der Waals surface area contributed by atoms with Crippen LogP contribution >= 0.6 is 0 Å². The van der Waals surface area contributed by atoms with Gasteiger partial charge in [-0.3, -0.25) is 4.79 Å². The van der Waals surface area contributed by atoms with Crippen molar-refractivity contribution in [2.24, 2.45) is 0 Å². The van der Waals surface area contributed by atoms with E-state index in [1.54, 1.807) is 0 Å². The second-order valence-corrected chi connectivity index (χ2v) is 4.76. The Balaban J connectivity index is 2.05. The molecule has 7 heteroatoms. The Kier molecular flexibility index (Phi) is 4.40. The van der Waals surface area contributed by atoms with Gasteiger partial charge in [0.15, 0.2) is 5.75 Å². The number of rotatable bonds is 3. The first-order valence-corrected chi connectivity index (χ1v) is 6.46. The maximum Gasteiger partial charge on any atom is 0.573 e. The van der Waals surface area contributed by atoms with E-state index in [2.05, 4.69) is 10.1 Å². The number of benzene rings is 1. The van der Waals surface area contributed by atoms with Crippen molar-refractivity contribution in [3.05, 3.63) is 35.9 Å². The van der Waals surface area contributed by atoms with Crippen LogP contribution in [0, 0.1) is 0 Å². The molecule has 1 aliphatic rings. The van der Waals surface area contributed by atoms with Crippen molar-refractivity contribution >= 4 is 11.6 Å². The van der Waals surface area contributed by atoms with Gasteiger partial charge in [-0.15, -0.1) is 13.2 Å². The highest BCUT2D eigenvalue weighted by atomic mass is 19.4. The van der Waals surface area contributed by atoms with Gasteiger partial charge in [-0.25, -0.2) is 0 Å². The molecule has 1 aliphatic carbocycles. The van der Waals surface area contributed by atoms with E-state index in [1.807, 2.05) is 12.2 Å². The fourth-order valence-corrected chi connectivity index (χ4v) is 2.10. The summed E-state index contributed by atoms with van der Waals surface area (Å²) in [6.45, 7) is 0. The molecule has 1 unspecified atom stereocenters. The molecule has 0 saturated heterocycles. The molecule has 21 heavy (non-hydrogen) atoms. The summed E-state index contributed by atoms with van der Waals surface area (Å²) in [6.07, 6.45) is 1.70. The summed E-state index contributed by atoms with van der Waals surface area (Å²) in [5, 5.41) is 2.82. The van der Waals surface area contributed by atoms with Crippen molar-refractivity contribution in [1.82, 2.24) is 5.32 Å². The predicted molar refractivity (Wildman–Crippen MR) is 71.8 cm³/mol. The van der Waals surface area contributed by atoms with Crippen molar-refractivity contribution in [2.45, 2.75) is 31.7 Å². The third kappa shape index (κ3) is 4.40. The number of allylic oxidation sites excluding steroid dienone is 1. The second kappa shape index (κ2) is 6.07. The molecule has 1 amide bonds. The van der Waals surface area contributed by atoms with Gasteiger partial charge in [-0.2, -0.15) is 0 Å². The van der Waals surface area contributed by atoms with Crippen LogP contribution in [0.15, 0.2) is 30.4 Å². The molecule has 114 valence electrons. The maximum atomic E-state index is 12.1. The van der Waals surface area contributed by atoms with Gasteiger partial charge in [0.1, 0.15) is 0 Å². The summed E-state index contributed by atoms with van der Waals surface area (Å²) in [5.74, 6) is -0.875. The highest BCUT2D eigenvalue weighted by molar-refractivity contribution is 5.95. The molecule has 0 aliphatic heterocycles. The van der Waals surface area contributed by atoms with Gasteiger partial charge in [0.05, 0.1) is 5.69 Å². The SMILES string of the molecule is Nc1cc(C(=O)NC2CC=CCC2)ccc1OC(F)(F)F. The fourth-order valence-electron chi connectivity index (χ4n) is 2.10. The number of amides is 1. The summed E-state index contributed by atoms with van der Waals surface area (Å²) < 4.78 is 40.1. The van der Waals surface area contributed by atoms with Crippen molar-refractivity contribution < 1.29 is 22.7 Å². The monoisotopic (exact) mass is 300 g/mol. The Bertz CT molecular complexity index is 556. The molecule has 0 saturated carbocycles. The van der Waals surface area contributed by atoms with Gasteiger partial charge in [-0.05, 0) is 37.5 Å². The summed E-state index contributed by atoms with van der Waals surface area (Å²) in [4.78, 5) is 12.0. The van der Waals surface area contributed by atoms with Crippen molar-refractivity contribution in [1.29, 1.82) is 0 Å². The van der Waals surface area contributed by atoms with Crippen LogP contribution in [0.1, 0.15) is 29.6 Å². The van der Waals surface area contributed by atoms with Crippen molar-refractivity contribution in [2.75, 3.05) is 5.73 Å². The standard InChI is InChI=1S/C14H15F3N2O2/c15-14(16,17)21-12-7-6-9(8-11(12)18)13(20)19-10-4-2-1-3-5-10/h1-2,6-8,10H,3-5,18H2,(H,19,20).